The lowest BCUT2D eigenvalue weighted by molar-refractivity contribution is -0.383. The van der Waals surface area contributed by atoms with Crippen LogP contribution in [-0.4, -0.2) is 25.8 Å². The van der Waals surface area contributed by atoms with E-state index in [4.69, 9.17) is 0 Å². The summed E-state index contributed by atoms with van der Waals surface area (Å²) in [6.45, 7) is 0. The summed E-state index contributed by atoms with van der Waals surface area (Å²) in [4.78, 5) is 34.0. The number of anilines is 3. The van der Waals surface area contributed by atoms with E-state index in [-0.39, 0.29) is 22.9 Å². The molecule has 0 saturated carbocycles. The maximum absolute atomic E-state index is 13.3. The molecular formula is C16H11F2N7O3. The van der Waals surface area contributed by atoms with Gasteiger partial charge in [0.25, 0.3) is 5.91 Å². The molecule has 10 nitrogen and oxygen atoms in total. The number of rotatable bonds is 6. The zero-order chi connectivity index (χ0) is 20.1. The van der Waals surface area contributed by atoms with Gasteiger partial charge in [-0.1, -0.05) is 0 Å². The molecule has 0 aliphatic rings. The first-order valence-electron chi connectivity index (χ1n) is 7.63. The normalized spacial score (nSPS) is 10.2. The second kappa shape index (κ2) is 7.99. The van der Waals surface area contributed by atoms with Crippen LogP contribution in [0.1, 0.15) is 10.4 Å². The molecule has 0 aliphatic carbocycles. The fourth-order valence-corrected chi connectivity index (χ4v) is 2.14. The maximum Gasteiger partial charge on any atom is 0.355 e. The van der Waals surface area contributed by atoms with Gasteiger partial charge in [0.15, 0.2) is 11.6 Å². The minimum Gasteiger partial charge on any atom is -0.334 e. The summed E-state index contributed by atoms with van der Waals surface area (Å²) in [5, 5.41) is 14.0. The molecule has 1 aromatic carbocycles. The zero-order valence-electron chi connectivity index (χ0n) is 13.9. The monoisotopic (exact) mass is 387 g/mol. The van der Waals surface area contributed by atoms with Gasteiger partial charge >= 0.3 is 5.69 Å². The van der Waals surface area contributed by atoms with Crippen molar-refractivity contribution in [3.63, 3.8) is 0 Å². The van der Waals surface area contributed by atoms with E-state index in [1.807, 2.05) is 0 Å². The summed E-state index contributed by atoms with van der Waals surface area (Å²) in [5.41, 5.74) is 4.31. The number of carbonyl (C=O) groups is 1. The quantitative estimate of drug-likeness (QED) is 0.434. The van der Waals surface area contributed by atoms with E-state index in [1.54, 1.807) is 0 Å². The second-order valence-electron chi connectivity index (χ2n) is 5.25. The molecule has 0 atom stereocenters. The second-order valence-corrected chi connectivity index (χ2v) is 5.25. The Bertz CT molecular complexity index is 1030. The molecule has 0 saturated heterocycles. The van der Waals surface area contributed by atoms with Crippen LogP contribution in [-0.2, 0) is 0 Å². The highest BCUT2D eigenvalue weighted by atomic mass is 19.2. The van der Waals surface area contributed by atoms with Crippen LogP contribution in [0.4, 0.5) is 31.8 Å². The predicted molar refractivity (Wildman–Crippen MR) is 93.7 cm³/mol. The number of nitro groups is 1. The number of pyridine rings is 1. The Kier molecular flexibility index (Phi) is 5.30. The van der Waals surface area contributed by atoms with Crippen molar-refractivity contribution in [1.82, 2.24) is 20.4 Å². The molecule has 12 heteroatoms. The molecule has 28 heavy (non-hydrogen) atoms. The average Bonchev–Trinajstić information content (AvgIpc) is 2.69. The Hall–Kier alpha value is -4.22. The Morgan fingerprint density at radius 2 is 1.75 bits per heavy atom. The molecule has 0 unspecified atom stereocenters. The third-order valence-electron chi connectivity index (χ3n) is 3.42. The Morgan fingerprint density at radius 3 is 2.43 bits per heavy atom. The molecule has 0 spiro atoms. The van der Waals surface area contributed by atoms with Crippen molar-refractivity contribution in [1.29, 1.82) is 0 Å². The highest BCUT2D eigenvalue weighted by molar-refractivity contribution is 5.94. The fourth-order valence-electron chi connectivity index (χ4n) is 2.14. The fraction of sp³-hybridized carbons (Fsp3) is 0. The number of hydrogen-bond donors (Lipinski definition) is 3. The van der Waals surface area contributed by atoms with E-state index in [0.29, 0.717) is 0 Å². The van der Waals surface area contributed by atoms with E-state index >= 15 is 0 Å². The van der Waals surface area contributed by atoms with Gasteiger partial charge in [-0.15, -0.1) is 0 Å². The van der Waals surface area contributed by atoms with Crippen molar-refractivity contribution < 1.29 is 18.5 Å². The maximum atomic E-state index is 13.3. The number of nitrogens with one attached hydrogen (secondary N) is 3. The van der Waals surface area contributed by atoms with E-state index in [1.165, 1.54) is 30.6 Å². The van der Waals surface area contributed by atoms with Crippen molar-refractivity contribution >= 4 is 28.9 Å². The molecule has 3 rings (SSSR count). The van der Waals surface area contributed by atoms with Gasteiger partial charge in [0.05, 0.1) is 4.92 Å². The standard InChI is InChI=1S/C16H11F2N7O3/c17-11-2-1-10(7-12(11)18)22-14-13(25(27)28)15(21-8-20-14)23-24-16(26)9-3-5-19-6-4-9/h1-8H,(H,24,26)(H2,20,21,22,23). The van der Waals surface area contributed by atoms with Gasteiger partial charge in [-0.2, -0.15) is 0 Å². The van der Waals surface area contributed by atoms with Crippen LogP contribution in [0.3, 0.4) is 0 Å². The van der Waals surface area contributed by atoms with Crippen molar-refractivity contribution in [2.24, 2.45) is 0 Å². The third kappa shape index (κ3) is 4.12. The first-order valence-corrected chi connectivity index (χ1v) is 7.63. The molecule has 3 N–H and O–H groups in total. The number of benzene rings is 1. The highest BCUT2D eigenvalue weighted by Gasteiger charge is 2.24. The molecule has 142 valence electrons. The number of aromatic nitrogens is 3. The number of nitrogens with zero attached hydrogens (tertiary/aromatic N) is 4. The lowest BCUT2D eigenvalue weighted by atomic mass is 10.2. The summed E-state index contributed by atoms with van der Waals surface area (Å²) >= 11 is 0. The van der Waals surface area contributed by atoms with Gasteiger partial charge in [-0.05, 0) is 24.3 Å². The smallest absolute Gasteiger partial charge is 0.334 e. The minimum atomic E-state index is -1.13. The lowest BCUT2D eigenvalue weighted by Crippen LogP contribution is -2.30. The summed E-state index contributed by atoms with van der Waals surface area (Å²) in [5.74, 6) is -3.38. The lowest BCUT2D eigenvalue weighted by Gasteiger charge is -2.11. The van der Waals surface area contributed by atoms with Crippen LogP contribution in [0, 0.1) is 21.7 Å². The van der Waals surface area contributed by atoms with E-state index in [9.17, 15) is 23.7 Å². The Balaban J connectivity index is 1.84. The Morgan fingerprint density at radius 1 is 1.04 bits per heavy atom. The van der Waals surface area contributed by atoms with Gasteiger partial charge in [-0.25, -0.2) is 18.7 Å². The molecule has 0 aliphatic heterocycles. The number of carbonyl (C=O) groups excluding carboxylic acids is 1. The number of hydrazine groups is 1. The van der Waals surface area contributed by atoms with E-state index in [2.05, 4.69) is 31.1 Å². The number of amides is 1. The van der Waals surface area contributed by atoms with Crippen molar-refractivity contribution in [3.05, 3.63) is 76.4 Å². The summed E-state index contributed by atoms with van der Waals surface area (Å²) in [6, 6.07) is 5.75. The first-order chi connectivity index (χ1) is 13.5. The SMILES string of the molecule is O=C(NNc1ncnc(Nc2ccc(F)c(F)c2)c1[N+](=O)[O-])c1ccncc1. The topological polar surface area (TPSA) is 135 Å². The number of hydrogen-bond acceptors (Lipinski definition) is 8. The van der Waals surface area contributed by atoms with Crippen molar-refractivity contribution in [2.75, 3.05) is 10.7 Å². The largest absolute Gasteiger partial charge is 0.355 e. The summed E-state index contributed by atoms with van der Waals surface area (Å²) in [6.07, 6.45) is 3.81. The van der Waals surface area contributed by atoms with Crippen LogP contribution in [0.15, 0.2) is 49.1 Å². The molecule has 1 amide bonds. The van der Waals surface area contributed by atoms with Crippen LogP contribution < -0.4 is 16.2 Å². The van der Waals surface area contributed by atoms with Crippen LogP contribution in [0.5, 0.6) is 0 Å². The van der Waals surface area contributed by atoms with Gasteiger partial charge in [0.1, 0.15) is 6.33 Å². The zero-order valence-corrected chi connectivity index (χ0v) is 13.9. The van der Waals surface area contributed by atoms with Gasteiger partial charge in [0, 0.05) is 29.7 Å². The first kappa shape index (κ1) is 18.6. The van der Waals surface area contributed by atoms with Crippen molar-refractivity contribution in [2.45, 2.75) is 0 Å². The van der Waals surface area contributed by atoms with E-state index in [0.717, 1.165) is 18.5 Å². The molecule has 2 heterocycles. The summed E-state index contributed by atoms with van der Waals surface area (Å²) < 4.78 is 26.4. The number of halogens is 2. The van der Waals surface area contributed by atoms with Gasteiger partial charge in [0.2, 0.25) is 11.6 Å². The molecule has 0 bridgehead atoms. The third-order valence-corrected chi connectivity index (χ3v) is 3.42. The minimum absolute atomic E-state index is 0.0347. The van der Waals surface area contributed by atoms with Gasteiger partial charge in [-0.3, -0.25) is 30.7 Å². The van der Waals surface area contributed by atoms with Crippen LogP contribution >= 0.6 is 0 Å². The summed E-state index contributed by atoms with van der Waals surface area (Å²) in [7, 11) is 0. The van der Waals surface area contributed by atoms with Crippen LogP contribution in [0.2, 0.25) is 0 Å². The van der Waals surface area contributed by atoms with Crippen LogP contribution in [0.25, 0.3) is 0 Å². The van der Waals surface area contributed by atoms with Gasteiger partial charge < -0.3 is 5.32 Å². The molecule has 3 aromatic rings. The highest BCUT2D eigenvalue weighted by Crippen LogP contribution is 2.31. The van der Waals surface area contributed by atoms with Crippen molar-refractivity contribution in [3.8, 4) is 0 Å². The average molecular weight is 387 g/mol. The Labute approximate surface area is 155 Å². The predicted octanol–water partition coefficient (Wildman–Crippen LogP) is 2.56. The molecule has 2 aromatic heterocycles. The molecule has 0 fully saturated rings. The van der Waals surface area contributed by atoms with E-state index < -0.39 is 28.2 Å². The molecule has 0 radical (unpaired) electrons. The molecular weight excluding hydrogens is 376 g/mol.